The second-order valence-electron chi connectivity index (χ2n) is 5.75. The molecular weight excluding hydrogens is 270 g/mol. The second kappa shape index (κ2) is 5.89. The van der Waals surface area contributed by atoms with E-state index in [-0.39, 0.29) is 10.6 Å². The SMILES string of the molecule is CCOc1cc(N2CCC3CCC(C2)N3)cc([N+](=O)[O-])c1. The summed E-state index contributed by atoms with van der Waals surface area (Å²) in [5.74, 6) is 0.573. The molecule has 2 saturated heterocycles. The lowest BCUT2D eigenvalue weighted by molar-refractivity contribution is -0.384. The van der Waals surface area contributed by atoms with Crippen molar-refractivity contribution in [3.05, 3.63) is 28.3 Å². The maximum Gasteiger partial charge on any atom is 0.275 e. The molecule has 114 valence electrons. The van der Waals surface area contributed by atoms with Gasteiger partial charge in [0.25, 0.3) is 5.69 Å². The number of rotatable bonds is 4. The highest BCUT2D eigenvalue weighted by Gasteiger charge is 2.30. The molecule has 2 aliphatic rings. The lowest BCUT2D eigenvalue weighted by Gasteiger charge is -2.26. The standard InChI is InChI=1S/C15H21N3O3/c1-2-21-15-8-13(7-14(9-15)18(19)20)17-6-5-11-3-4-12(10-17)16-11/h7-9,11-12,16H,2-6,10H2,1H3. The van der Waals surface area contributed by atoms with E-state index in [1.807, 2.05) is 13.0 Å². The number of nitrogens with zero attached hydrogens (tertiary/aromatic N) is 2. The zero-order valence-corrected chi connectivity index (χ0v) is 12.2. The molecule has 0 aromatic heterocycles. The van der Waals surface area contributed by atoms with Gasteiger partial charge in [0.05, 0.1) is 17.6 Å². The number of fused-ring (bicyclic) bond motifs is 2. The predicted molar refractivity (Wildman–Crippen MR) is 81.0 cm³/mol. The minimum Gasteiger partial charge on any atom is -0.494 e. The molecule has 1 aromatic carbocycles. The summed E-state index contributed by atoms with van der Waals surface area (Å²) >= 11 is 0. The topological polar surface area (TPSA) is 67.6 Å². The molecule has 1 N–H and O–H groups in total. The summed E-state index contributed by atoms with van der Waals surface area (Å²) in [5.41, 5.74) is 0.986. The van der Waals surface area contributed by atoms with Crippen molar-refractivity contribution in [1.29, 1.82) is 0 Å². The van der Waals surface area contributed by atoms with Gasteiger partial charge in [-0.15, -0.1) is 0 Å². The van der Waals surface area contributed by atoms with Crippen LogP contribution in [0.4, 0.5) is 11.4 Å². The third kappa shape index (κ3) is 3.10. The van der Waals surface area contributed by atoms with Crippen molar-refractivity contribution < 1.29 is 9.66 Å². The van der Waals surface area contributed by atoms with Gasteiger partial charge in [0.15, 0.2) is 0 Å². The molecule has 0 saturated carbocycles. The Morgan fingerprint density at radius 3 is 2.90 bits per heavy atom. The molecule has 0 radical (unpaired) electrons. The molecular formula is C15H21N3O3. The van der Waals surface area contributed by atoms with E-state index in [2.05, 4.69) is 10.2 Å². The van der Waals surface area contributed by atoms with Gasteiger partial charge < -0.3 is 15.0 Å². The Morgan fingerprint density at radius 2 is 2.14 bits per heavy atom. The molecule has 3 rings (SSSR count). The maximum absolute atomic E-state index is 11.1. The predicted octanol–water partition coefficient (Wildman–Crippen LogP) is 2.32. The Morgan fingerprint density at radius 1 is 1.33 bits per heavy atom. The third-order valence-electron chi connectivity index (χ3n) is 4.29. The summed E-state index contributed by atoms with van der Waals surface area (Å²) in [5, 5.41) is 14.7. The number of hydrogen-bond donors (Lipinski definition) is 1. The quantitative estimate of drug-likeness (QED) is 0.681. The Labute approximate surface area is 124 Å². The van der Waals surface area contributed by atoms with Crippen LogP contribution >= 0.6 is 0 Å². The summed E-state index contributed by atoms with van der Waals surface area (Å²) in [7, 11) is 0. The van der Waals surface area contributed by atoms with Crippen LogP contribution in [0.25, 0.3) is 0 Å². The number of anilines is 1. The fraction of sp³-hybridized carbons (Fsp3) is 0.600. The second-order valence-corrected chi connectivity index (χ2v) is 5.75. The van der Waals surface area contributed by atoms with Crippen molar-refractivity contribution in [1.82, 2.24) is 5.32 Å². The van der Waals surface area contributed by atoms with Crippen LogP contribution in [0, 0.1) is 10.1 Å². The van der Waals surface area contributed by atoms with Crippen molar-refractivity contribution in [2.75, 3.05) is 24.6 Å². The van der Waals surface area contributed by atoms with Crippen LogP contribution < -0.4 is 15.0 Å². The van der Waals surface area contributed by atoms with E-state index in [0.717, 1.165) is 25.2 Å². The minimum absolute atomic E-state index is 0.0957. The fourth-order valence-electron chi connectivity index (χ4n) is 3.28. The monoisotopic (exact) mass is 291 g/mol. The van der Waals surface area contributed by atoms with Gasteiger partial charge in [0.1, 0.15) is 5.75 Å². The Bertz CT molecular complexity index is 535. The average Bonchev–Trinajstić information content (AvgIpc) is 2.78. The highest BCUT2D eigenvalue weighted by Crippen LogP contribution is 2.31. The van der Waals surface area contributed by atoms with Crippen molar-refractivity contribution in [2.24, 2.45) is 0 Å². The lowest BCUT2D eigenvalue weighted by atomic mass is 10.1. The maximum atomic E-state index is 11.1. The van der Waals surface area contributed by atoms with Crippen LogP contribution in [-0.4, -0.2) is 36.7 Å². The first kappa shape index (κ1) is 14.1. The molecule has 2 bridgehead atoms. The Hall–Kier alpha value is -1.82. The van der Waals surface area contributed by atoms with Crippen LogP contribution in [-0.2, 0) is 0 Å². The van der Waals surface area contributed by atoms with Gasteiger partial charge in [-0.1, -0.05) is 0 Å². The van der Waals surface area contributed by atoms with Gasteiger partial charge in [-0.05, 0) is 26.2 Å². The van der Waals surface area contributed by atoms with Crippen LogP contribution in [0.2, 0.25) is 0 Å². The van der Waals surface area contributed by atoms with Crippen LogP contribution in [0.1, 0.15) is 26.2 Å². The normalized spacial score (nSPS) is 24.7. The highest BCUT2D eigenvalue weighted by atomic mass is 16.6. The molecule has 2 heterocycles. The molecule has 1 aromatic rings. The highest BCUT2D eigenvalue weighted by molar-refractivity contribution is 5.58. The number of nitrogens with one attached hydrogen (secondary N) is 1. The van der Waals surface area contributed by atoms with Gasteiger partial charge in [0.2, 0.25) is 0 Å². The van der Waals surface area contributed by atoms with E-state index in [1.165, 1.54) is 18.9 Å². The van der Waals surface area contributed by atoms with Crippen LogP contribution in [0.3, 0.4) is 0 Å². The van der Waals surface area contributed by atoms with E-state index in [0.29, 0.717) is 24.4 Å². The lowest BCUT2D eigenvalue weighted by Crippen LogP contribution is -2.35. The molecule has 6 heteroatoms. The molecule has 0 spiro atoms. The minimum atomic E-state index is -0.353. The number of nitro groups is 1. The van der Waals surface area contributed by atoms with E-state index >= 15 is 0 Å². The fourth-order valence-corrected chi connectivity index (χ4v) is 3.28. The summed E-state index contributed by atoms with van der Waals surface area (Å²) in [6, 6.07) is 6.16. The van der Waals surface area contributed by atoms with Crippen molar-refractivity contribution >= 4 is 11.4 Å². The third-order valence-corrected chi connectivity index (χ3v) is 4.29. The van der Waals surface area contributed by atoms with Crippen molar-refractivity contribution in [3.63, 3.8) is 0 Å². The van der Waals surface area contributed by atoms with E-state index in [9.17, 15) is 10.1 Å². The summed E-state index contributed by atoms with van der Waals surface area (Å²) in [4.78, 5) is 13.0. The first-order chi connectivity index (χ1) is 10.2. The first-order valence-corrected chi connectivity index (χ1v) is 7.59. The zero-order valence-electron chi connectivity index (χ0n) is 12.2. The molecule has 0 aliphatic carbocycles. The molecule has 2 aliphatic heterocycles. The van der Waals surface area contributed by atoms with E-state index in [1.54, 1.807) is 6.07 Å². The van der Waals surface area contributed by atoms with Crippen molar-refractivity contribution in [2.45, 2.75) is 38.3 Å². The van der Waals surface area contributed by atoms with Crippen molar-refractivity contribution in [3.8, 4) is 5.75 Å². The van der Waals surface area contributed by atoms with Crippen LogP contribution in [0.15, 0.2) is 18.2 Å². The first-order valence-electron chi connectivity index (χ1n) is 7.59. The Balaban J connectivity index is 1.87. The van der Waals surface area contributed by atoms with Crippen LogP contribution in [0.5, 0.6) is 5.75 Å². The van der Waals surface area contributed by atoms with Gasteiger partial charge in [-0.3, -0.25) is 10.1 Å². The average molecular weight is 291 g/mol. The number of non-ortho nitro benzene ring substituents is 1. The zero-order chi connectivity index (χ0) is 14.8. The van der Waals surface area contributed by atoms with E-state index in [4.69, 9.17) is 4.74 Å². The van der Waals surface area contributed by atoms with Gasteiger partial charge in [-0.2, -0.15) is 0 Å². The molecule has 21 heavy (non-hydrogen) atoms. The largest absolute Gasteiger partial charge is 0.494 e. The summed E-state index contributed by atoms with van der Waals surface area (Å²) in [6.45, 7) is 4.23. The smallest absolute Gasteiger partial charge is 0.275 e. The number of nitro benzene ring substituents is 1. The Kier molecular flexibility index (Phi) is 3.96. The molecule has 2 atom stereocenters. The van der Waals surface area contributed by atoms with Gasteiger partial charge >= 0.3 is 0 Å². The molecule has 0 amide bonds. The number of ether oxygens (including phenoxy) is 1. The number of benzene rings is 1. The number of hydrogen-bond acceptors (Lipinski definition) is 5. The molecule has 2 unspecified atom stereocenters. The van der Waals surface area contributed by atoms with Gasteiger partial charge in [0, 0.05) is 43.0 Å². The van der Waals surface area contributed by atoms with E-state index < -0.39 is 0 Å². The molecule has 6 nitrogen and oxygen atoms in total. The molecule has 2 fully saturated rings. The summed E-state index contributed by atoms with van der Waals surface area (Å²) in [6.07, 6.45) is 3.52. The summed E-state index contributed by atoms with van der Waals surface area (Å²) < 4.78 is 5.47. The van der Waals surface area contributed by atoms with Gasteiger partial charge in [-0.25, -0.2) is 0 Å².